The third-order valence-electron chi connectivity index (χ3n) is 17.5. The normalized spacial score (nSPS) is 28.4. The van der Waals surface area contributed by atoms with Gasteiger partial charge in [-0.05, 0) is 199 Å². The first-order valence-electron chi connectivity index (χ1n) is 27.2. The van der Waals surface area contributed by atoms with Crippen LogP contribution < -0.4 is 27.0 Å². The van der Waals surface area contributed by atoms with Gasteiger partial charge in [-0.25, -0.2) is 0 Å². The molecule has 7 N–H and O–H groups in total. The van der Waals surface area contributed by atoms with Crippen LogP contribution >= 0.6 is 11.8 Å². The number of thioether (sulfide) groups is 1. The Morgan fingerprint density at radius 3 is 2.37 bits per heavy atom. The minimum Gasteiger partial charge on any atom is -0.374 e. The molecule has 7 aliphatic rings. The second kappa shape index (κ2) is 22.2. The Bertz CT molecular complexity index is 2700. The van der Waals surface area contributed by atoms with Crippen molar-refractivity contribution in [2.24, 2.45) is 29.4 Å². The van der Waals surface area contributed by atoms with Crippen molar-refractivity contribution in [1.82, 2.24) is 25.8 Å². The summed E-state index contributed by atoms with van der Waals surface area (Å²) >= 11 is 1.74. The number of allylic oxidation sites excluding steroid dienone is 4. The van der Waals surface area contributed by atoms with Gasteiger partial charge < -0.3 is 37.0 Å². The van der Waals surface area contributed by atoms with E-state index in [2.05, 4.69) is 95.6 Å². The van der Waals surface area contributed by atoms with Gasteiger partial charge in [0, 0.05) is 70.1 Å². The highest BCUT2D eigenvalue weighted by molar-refractivity contribution is 8.03. The summed E-state index contributed by atoms with van der Waals surface area (Å²) in [7, 11) is 0. The van der Waals surface area contributed by atoms with Gasteiger partial charge in [-0.1, -0.05) is 65.9 Å². The molecule has 386 valence electrons. The summed E-state index contributed by atoms with van der Waals surface area (Å²) in [6.07, 6.45) is 24.9. The van der Waals surface area contributed by atoms with Crippen molar-refractivity contribution in [3.05, 3.63) is 141 Å². The van der Waals surface area contributed by atoms with Crippen molar-refractivity contribution in [3.63, 3.8) is 0 Å². The average Bonchev–Trinajstić information content (AvgIpc) is 3.53. The van der Waals surface area contributed by atoms with Gasteiger partial charge in [0.1, 0.15) is 12.3 Å². The zero-order valence-electron chi connectivity index (χ0n) is 43.0. The van der Waals surface area contributed by atoms with Gasteiger partial charge in [0.2, 0.25) is 5.91 Å². The molecule has 4 fully saturated rings. The van der Waals surface area contributed by atoms with E-state index in [0.29, 0.717) is 54.8 Å². The van der Waals surface area contributed by atoms with Crippen LogP contribution in [0, 0.1) is 30.6 Å². The second-order valence-electron chi connectivity index (χ2n) is 22.6. The number of rotatable bonds is 12. The van der Waals surface area contributed by atoms with Crippen LogP contribution in [0.5, 0.6) is 0 Å². The highest BCUT2D eigenvalue weighted by Crippen LogP contribution is 2.47. The molecule has 0 bridgehead atoms. The largest absolute Gasteiger partial charge is 0.374 e. The summed E-state index contributed by atoms with van der Waals surface area (Å²) < 4.78 is 0. The SMILES string of the molecule is CC1=CC(C(=O)Nc2cccc(SC3=CNC(N4CCC(C)(N)CC4)C=CC3)c2)=CCC1C1CCC(C2CCC(c3ccc(C(=O)NCc4ccc5c(c4)CN(C4CCC(O)NC4=O)C5=O)cc3C)CC2)CC1. The molecule has 4 heterocycles. The summed E-state index contributed by atoms with van der Waals surface area (Å²) in [6, 6.07) is 19.4. The van der Waals surface area contributed by atoms with Gasteiger partial charge in [-0.3, -0.25) is 24.1 Å². The summed E-state index contributed by atoms with van der Waals surface area (Å²) in [5.41, 5.74) is 14.7. The van der Waals surface area contributed by atoms with Crippen LogP contribution in [0.2, 0.25) is 0 Å². The monoisotopic (exact) mass is 1010 g/mol. The zero-order valence-corrected chi connectivity index (χ0v) is 43.8. The number of hydrogen-bond donors (Lipinski definition) is 6. The molecule has 2 saturated heterocycles. The van der Waals surface area contributed by atoms with Crippen LogP contribution in [0.3, 0.4) is 0 Å². The fraction of sp³-hybridized carbons (Fsp3) is 0.500. The third-order valence-corrected chi connectivity index (χ3v) is 18.5. The number of nitrogens with zero attached hydrogens (tertiary/aromatic N) is 2. The van der Waals surface area contributed by atoms with Crippen molar-refractivity contribution >= 4 is 41.1 Å². The molecule has 10 rings (SSSR count). The Kier molecular flexibility index (Phi) is 15.5. The molecule has 3 aliphatic carbocycles. The van der Waals surface area contributed by atoms with E-state index in [1.807, 2.05) is 36.4 Å². The van der Waals surface area contributed by atoms with Crippen LogP contribution in [0.25, 0.3) is 0 Å². The van der Waals surface area contributed by atoms with Gasteiger partial charge in [0.15, 0.2) is 0 Å². The molecular weight excluding hydrogens is 931 g/mol. The number of piperidine rings is 2. The van der Waals surface area contributed by atoms with Crippen LogP contribution in [-0.2, 0) is 22.7 Å². The van der Waals surface area contributed by atoms with E-state index < -0.39 is 12.3 Å². The van der Waals surface area contributed by atoms with Crippen molar-refractivity contribution in [3.8, 4) is 0 Å². The highest BCUT2D eigenvalue weighted by Gasteiger charge is 2.40. The molecule has 4 aliphatic heterocycles. The highest BCUT2D eigenvalue weighted by atomic mass is 32.2. The second-order valence-corrected chi connectivity index (χ2v) is 23.8. The Labute approximate surface area is 436 Å². The molecule has 2 saturated carbocycles. The lowest BCUT2D eigenvalue weighted by Gasteiger charge is -2.40. The maximum absolute atomic E-state index is 13.6. The number of nitrogens with one attached hydrogen (secondary N) is 4. The predicted molar refractivity (Wildman–Crippen MR) is 289 cm³/mol. The number of carbonyl (C=O) groups is 4. The molecule has 12 nitrogen and oxygen atoms in total. The number of aryl methyl sites for hydroxylation is 1. The van der Waals surface area contributed by atoms with E-state index >= 15 is 0 Å². The third kappa shape index (κ3) is 11.9. The van der Waals surface area contributed by atoms with E-state index in [4.69, 9.17) is 5.73 Å². The van der Waals surface area contributed by atoms with Crippen molar-refractivity contribution in [1.29, 1.82) is 0 Å². The fourth-order valence-corrected chi connectivity index (χ4v) is 14.0. The van der Waals surface area contributed by atoms with E-state index in [0.717, 1.165) is 77.9 Å². The number of anilines is 1. The van der Waals surface area contributed by atoms with E-state index in [1.54, 1.807) is 22.7 Å². The lowest BCUT2D eigenvalue weighted by Crippen LogP contribution is -2.54. The number of hydrogen-bond acceptors (Lipinski definition) is 9. The summed E-state index contributed by atoms with van der Waals surface area (Å²) in [5, 5.41) is 22.2. The van der Waals surface area contributed by atoms with Crippen LogP contribution in [0.1, 0.15) is 153 Å². The number of fused-ring (bicyclic) bond motifs is 1. The molecule has 13 heteroatoms. The van der Waals surface area contributed by atoms with E-state index in [1.165, 1.54) is 73.0 Å². The van der Waals surface area contributed by atoms with Crippen LogP contribution in [-0.4, -0.2) is 75.6 Å². The minimum atomic E-state index is -0.868. The van der Waals surface area contributed by atoms with Gasteiger partial charge in [0.05, 0.1) is 6.17 Å². The number of aliphatic hydroxyl groups is 1. The Morgan fingerprint density at radius 2 is 1.63 bits per heavy atom. The Morgan fingerprint density at radius 1 is 0.877 bits per heavy atom. The van der Waals surface area contributed by atoms with E-state index in [9.17, 15) is 24.3 Å². The topological polar surface area (TPSA) is 169 Å². The molecule has 3 aromatic carbocycles. The minimum absolute atomic E-state index is 0.0405. The average molecular weight is 1010 g/mol. The molecular formula is C60H75N7O5S. The first kappa shape index (κ1) is 51.0. The number of likely N-dealkylation sites (tertiary alicyclic amines) is 1. The smallest absolute Gasteiger partial charge is 0.255 e. The standard InChI is InChI=1S/C60H75N7O5S/c1-37-30-44(56(69)63-34-39-10-21-52-46(32-39)36-67(59(52)72)53-24-25-55(68)65-58(53)71)19-22-50(37)42-15-11-40(12-16-42)41-13-17-43(18-14-41)51-23-20-45(31-38(51)2)57(70)64-47-6-4-7-48(33-47)73-49-8-5-9-54(62-35-49)66-28-26-60(3,61)27-29-66/h4-7,9-10,19-22,30-33,35,40-43,51,53-55,62,68H,8,11-18,23-29,34,36,61H2,1-3H3,(H,63,69)(H,64,70)(H,65,71). The van der Waals surface area contributed by atoms with Gasteiger partial charge in [-0.15, -0.1) is 0 Å². The molecule has 3 aromatic rings. The lowest BCUT2D eigenvalue weighted by molar-refractivity contribution is -0.132. The molecule has 0 radical (unpaired) electrons. The van der Waals surface area contributed by atoms with Gasteiger partial charge >= 0.3 is 0 Å². The number of nitrogens with two attached hydrogens (primary N) is 1. The molecule has 4 amide bonds. The van der Waals surface area contributed by atoms with Crippen LogP contribution in [0.4, 0.5) is 5.69 Å². The van der Waals surface area contributed by atoms with Gasteiger partial charge in [0.25, 0.3) is 17.7 Å². The lowest BCUT2D eigenvalue weighted by atomic mass is 9.65. The summed E-state index contributed by atoms with van der Waals surface area (Å²) in [4.78, 5) is 59.0. The Balaban J connectivity index is 0.644. The quantitative estimate of drug-likeness (QED) is 0.0968. The van der Waals surface area contributed by atoms with Gasteiger partial charge in [-0.2, -0.15) is 0 Å². The molecule has 4 unspecified atom stereocenters. The van der Waals surface area contributed by atoms with Crippen molar-refractivity contribution in [2.45, 2.75) is 159 Å². The molecule has 0 aromatic heterocycles. The zero-order chi connectivity index (χ0) is 50.8. The van der Waals surface area contributed by atoms with Crippen LogP contribution in [0.15, 0.2) is 112 Å². The molecule has 0 spiro atoms. The van der Waals surface area contributed by atoms with Crippen molar-refractivity contribution in [2.75, 3.05) is 18.4 Å². The number of carbonyl (C=O) groups excluding carboxylic acids is 4. The van der Waals surface area contributed by atoms with Crippen molar-refractivity contribution < 1.29 is 24.3 Å². The number of benzene rings is 3. The molecule has 73 heavy (non-hydrogen) atoms. The maximum atomic E-state index is 13.6. The Hall–Kier alpha value is -5.47. The maximum Gasteiger partial charge on any atom is 0.255 e. The first-order chi connectivity index (χ1) is 35.2. The first-order valence-corrected chi connectivity index (χ1v) is 28.0. The number of amides is 4. The fourth-order valence-electron chi connectivity index (χ4n) is 13.1. The summed E-state index contributed by atoms with van der Waals surface area (Å²) in [5.74, 6) is 2.57. The number of aliphatic hydroxyl groups excluding tert-OH is 1. The predicted octanol–water partition coefficient (Wildman–Crippen LogP) is 9.71. The van der Waals surface area contributed by atoms with E-state index in [-0.39, 0.29) is 35.3 Å². The summed E-state index contributed by atoms with van der Waals surface area (Å²) in [6.45, 7) is 9.16. The molecule has 4 atom stereocenters.